The fourth-order valence-electron chi connectivity index (χ4n) is 2.06. The van der Waals surface area contributed by atoms with Gasteiger partial charge in [-0.1, -0.05) is 0 Å². The maximum Gasteiger partial charge on any atom is 0.303 e. The van der Waals surface area contributed by atoms with Crippen LogP contribution in [0.3, 0.4) is 0 Å². The van der Waals surface area contributed by atoms with Crippen LogP contribution in [0.4, 0.5) is 0 Å². The van der Waals surface area contributed by atoms with E-state index >= 15 is 0 Å². The van der Waals surface area contributed by atoms with Crippen molar-refractivity contribution in [3.8, 4) is 0 Å². The van der Waals surface area contributed by atoms with Crippen LogP contribution in [-0.2, 0) is 42.9 Å². The number of aliphatic hydroxyl groups is 1. The van der Waals surface area contributed by atoms with E-state index in [9.17, 15) is 29.1 Å². The molecule has 0 aromatic carbocycles. The topological polar surface area (TPSA) is 191 Å². The first-order valence-electron chi connectivity index (χ1n) is 7.37. The van der Waals surface area contributed by atoms with Gasteiger partial charge < -0.3 is 24.1 Å². The molecule has 4 atom stereocenters. The van der Waals surface area contributed by atoms with Gasteiger partial charge in [0.05, 0.1) is 6.61 Å². The minimum absolute atomic E-state index is 0.152. The first-order valence-corrected chi connectivity index (χ1v) is 7.37. The lowest BCUT2D eigenvalue weighted by Gasteiger charge is -2.37. The smallest absolute Gasteiger partial charge is 0.303 e. The Balaban J connectivity index is 6.52. The van der Waals surface area contributed by atoms with E-state index in [0.29, 0.717) is 0 Å². The standard InChI is InChI=1S/C14H19N3O10/c1-7(20)24-11(5-18)12(25-8(2)21)13(26-9(3)22)14(6-19,16-17-15)27-10(4)23/h6,11-13,18H,5H2,1-4H3/t11-,12+,13+,14+/m1/s1. The Morgan fingerprint density at radius 1 is 1.04 bits per heavy atom. The Morgan fingerprint density at radius 3 is 1.89 bits per heavy atom. The Hall–Kier alpha value is -3.18. The summed E-state index contributed by atoms with van der Waals surface area (Å²) in [5.74, 6) is -4.07. The molecule has 0 bridgehead atoms. The lowest BCUT2D eigenvalue weighted by atomic mass is 9.98. The molecule has 0 spiro atoms. The summed E-state index contributed by atoms with van der Waals surface area (Å²) in [6.45, 7) is 2.73. The molecule has 27 heavy (non-hydrogen) atoms. The molecule has 0 fully saturated rings. The monoisotopic (exact) mass is 389 g/mol. The summed E-state index contributed by atoms with van der Waals surface area (Å²) in [6, 6.07) is 0. The quantitative estimate of drug-likeness (QED) is 0.128. The van der Waals surface area contributed by atoms with Crippen molar-refractivity contribution in [1.82, 2.24) is 0 Å². The second kappa shape index (κ2) is 10.7. The fourth-order valence-corrected chi connectivity index (χ4v) is 2.06. The molecule has 0 unspecified atom stereocenters. The number of azide groups is 1. The Kier molecular flexibility index (Phi) is 9.47. The molecule has 0 radical (unpaired) electrons. The second-order valence-corrected chi connectivity index (χ2v) is 5.09. The number of hydrogen-bond donors (Lipinski definition) is 1. The molecule has 0 aromatic rings. The van der Waals surface area contributed by atoms with Gasteiger partial charge >= 0.3 is 23.9 Å². The number of carbonyl (C=O) groups is 5. The highest BCUT2D eigenvalue weighted by Gasteiger charge is 2.53. The molecule has 150 valence electrons. The molecule has 0 aliphatic heterocycles. The van der Waals surface area contributed by atoms with E-state index in [1.165, 1.54) is 0 Å². The average molecular weight is 389 g/mol. The van der Waals surface area contributed by atoms with Crippen LogP contribution in [0.15, 0.2) is 5.11 Å². The number of carbonyl (C=O) groups excluding carboxylic acids is 5. The molecule has 13 nitrogen and oxygen atoms in total. The summed E-state index contributed by atoms with van der Waals surface area (Å²) >= 11 is 0. The molecule has 0 saturated carbocycles. The first-order chi connectivity index (χ1) is 12.5. The van der Waals surface area contributed by atoms with Gasteiger partial charge in [0.1, 0.15) is 0 Å². The van der Waals surface area contributed by atoms with Gasteiger partial charge in [0.25, 0.3) is 5.72 Å². The molecule has 0 aliphatic carbocycles. The fraction of sp³-hybridized carbons (Fsp3) is 0.643. The van der Waals surface area contributed by atoms with Gasteiger partial charge in [-0.2, -0.15) is 0 Å². The van der Waals surface area contributed by atoms with E-state index < -0.39 is 54.5 Å². The molecule has 0 heterocycles. The summed E-state index contributed by atoms with van der Waals surface area (Å²) in [7, 11) is 0. The maximum absolute atomic E-state index is 11.7. The van der Waals surface area contributed by atoms with Gasteiger partial charge in [0.15, 0.2) is 24.6 Å². The van der Waals surface area contributed by atoms with Crippen molar-refractivity contribution >= 4 is 30.2 Å². The SMILES string of the molecule is CC(=O)O[C@@H]([C@@H](CO)OC(C)=O)[C@H](OC(C)=O)[C@@](C=O)(N=[N+]=[N-])OC(C)=O. The first kappa shape index (κ1) is 23.8. The number of esters is 4. The van der Waals surface area contributed by atoms with E-state index in [1.54, 1.807) is 0 Å². The van der Waals surface area contributed by atoms with Crippen molar-refractivity contribution in [2.45, 2.75) is 51.7 Å². The summed E-state index contributed by atoms with van der Waals surface area (Å²) in [6.07, 6.45) is -5.75. The molecular weight excluding hydrogens is 370 g/mol. The zero-order valence-electron chi connectivity index (χ0n) is 15.0. The van der Waals surface area contributed by atoms with Gasteiger partial charge in [-0.3, -0.25) is 24.0 Å². The van der Waals surface area contributed by atoms with E-state index in [0.717, 1.165) is 27.7 Å². The predicted molar refractivity (Wildman–Crippen MR) is 83.5 cm³/mol. The molecule has 0 aliphatic rings. The van der Waals surface area contributed by atoms with Gasteiger partial charge in [-0.15, -0.1) is 0 Å². The number of nitrogens with zero attached hydrogens (tertiary/aromatic N) is 3. The van der Waals surface area contributed by atoms with Crippen LogP contribution in [0.25, 0.3) is 10.4 Å². The van der Waals surface area contributed by atoms with E-state index in [1.807, 2.05) is 0 Å². The molecular formula is C14H19N3O10. The van der Waals surface area contributed by atoms with Gasteiger partial charge in [-0.25, -0.2) is 0 Å². The minimum Gasteiger partial charge on any atom is -0.456 e. The number of ether oxygens (including phenoxy) is 4. The Labute approximate surface area is 153 Å². The molecule has 1 N–H and O–H groups in total. The van der Waals surface area contributed by atoms with E-state index in [2.05, 4.69) is 10.0 Å². The summed E-state index contributed by atoms with van der Waals surface area (Å²) in [5, 5.41) is 12.6. The minimum atomic E-state index is -2.81. The van der Waals surface area contributed by atoms with Crippen LogP contribution < -0.4 is 0 Å². The van der Waals surface area contributed by atoms with E-state index in [-0.39, 0.29) is 6.29 Å². The third kappa shape index (κ3) is 7.30. The normalized spacial score (nSPS) is 15.6. The molecule has 0 aromatic heterocycles. The molecule has 13 heteroatoms. The van der Waals surface area contributed by atoms with Crippen molar-refractivity contribution in [3.63, 3.8) is 0 Å². The Morgan fingerprint density at radius 2 is 1.56 bits per heavy atom. The summed E-state index contributed by atoms with van der Waals surface area (Å²) < 4.78 is 19.3. The average Bonchev–Trinajstić information content (AvgIpc) is 2.54. The van der Waals surface area contributed by atoms with E-state index in [4.69, 9.17) is 24.5 Å². The van der Waals surface area contributed by atoms with Gasteiger partial charge in [0, 0.05) is 32.6 Å². The highest BCUT2D eigenvalue weighted by Crippen LogP contribution is 2.28. The van der Waals surface area contributed by atoms with Crippen LogP contribution in [0.1, 0.15) is 27.7 Å². The Bertz CT molecular complexity index is 645. The van der Waals surface area contributed by atoms with Crippen LogP contribution >= 0.6 is 0 Å². The van der Waals surface area contributed by atoms with Crippen molar-refractivity contribution in [2.24, 2.45) is 5.11 Å². The maximum atomic E-state index is 11.7. The highest BCUT2D eigenvalue weighted by atomic mass is 16.6. The lowest BCUT2D eigenvalue weighted by molar-refractivity contribution is -0.214. The second-order valence-electron chi connectivity index (χ2n) is 5.09. The van der Waals surface area contributed by atoms with Crippen LogP contribution in [0.5, 0.6) is 0 Å². The highest BCUT2D eigenvalue weighted by molar-refractivity contribution is 5.75. The van der Waals surface area contributed by atoms with Crippen LogP contribution in [0, 0.1) is 0 Å². The largest absolute Gasteiger partial charge is 0.456 e. The molecule has 0 rings (SSSR count). The third-order valence-electron chi connectivity index (χ3n) is 2.84. The molecule has 0 saturated heterocycles. The predicted octanol–water partition coefficient (Wildman–Crippen LogP) is -0.458. The van der Waals surface area contributed by atoms with Crippen LogP contribution in [-0.4, -0.2) is 65.9 Å². The van der Waals surface area contributed by atoms with Crippen molar-refractivity contribution in [3.05, 3.63) is 10.4 Å². The van der Waals surface area contributed by atoms with Crippen molar-refractivity contribution in [2.75, 3.05) is 6.61 Å². The number of aliphatic hydroxyl groups excluding tert-OH is 1. The lowest BCUT2D eigenvalue weighted by Crippen LogP contribution is -2.59. The van der Waals surface area contributed by atoms with Gasteiger partial charge in [-0.05, 0) is 10.6 Å². The van der Waals surface area contributed by atoms with Crippen LogP contribution in [0.2, 0.25) is 0 Å². The number of rotatable bonds is 10. The molecule has 0 amide bonds. The van der Waals surface area contributed by atoms with Crippen molar-refractivity contribution in [1.29, 1.82) is 0 Å². The zero-order chi connectivity index (χ0) is 21.2. The van der Waals surface area contributed by atoms with Gasteiger partial charge in [0.2, 0.25) is 0 Å². The number of hydrogen-bond acceptors (Lipinski definition) is 11. The number of aldehydes is 1. The zero-order valence-corrected chi connectivity index (χ0v) is 15.0. The third-order valence-corrected chi connectivity index (χ3v) is 2.84. The summed E-state index contributed by atoms with van der Waals surface area (Å²) in [5.41, 5.74) is 5.95. The summed E-state index contributed by atoms with van der Waals surface area (Å²) in [4.78, 5) is 59.7. The van der Waals surface area contributed by atoms with Crippen molar-refractivity contribution < 1.29 is 48.0 Å².